The predicted octanol–water partition coefficient (Wildman–Crippen LogP) is 1.11. The molecule has 1 aromatic heterocycles. The molecule has 0 fully saturated rings. The number of anilines is 2. The number of hydrogen-bond acceptors (Lipinski definition) is 6. The summed E-state index contributed by atoms with van der Waals surface area (Å²) in [6, 6.07) is 7.50. The van der Waals surface area contributed by atoms with Gasteiger partial charge in [-0.1, -0.05) is 24.3 Å². The molecule has 7 nitrogen and oxygen atoms in total. The number of aromatic nitrogens is 2. The Balaban J connectivity index is 1.70. The average molecular weight is 335 g/mol. The molecule has 0 aliphatic carbocycles. The third kappa shape index (κ3) is 2.78. The molecule has 2 aliphatic heterocycles. The van der Waals surface area contributed by atoms with E-state index in [0.29, 0.717) is 36.1 Å². The van der Waals surface area contributed by atoms with Gasteiger partial charge in [-0.05, 0) is 17.2 Å². The third-order valence-corrected chi connectivity index (χ3v) is 4.35. The Morgan fingerprint density at radius 3 is 2.84 bits per heavy atom. The number of rotatable bonds is 4. The molecular formula is C18H17N5O2. The van der Waals surface area contributed by atoms with Gasteiger partial charge in [-0.3, -0.25) is 14.7 Å². The van der Waals surface area contributed by atoms with Crippen LogP contribution in [0.3, 0.4) is 0 Å². The molecule has 1 aromatic carbocycles. The topological polar surface area (TPSA) is 105 Å². The minimum absolute atomic E-state index is 0.0359. The van der Waals surface area contributed by atoms with Gasteiger partial charge in [0.05, 0.1) is 26.1 Å². The summed E-state index contributed by atoms with van der Waals surface area (Å²) < 4.78 is 0. The number of nitrogens with two attached hydrogens (primary N) is 1. The fourth-order valence-electron chi connectivity index (χ4n) is 3.05. The number of fused-ring (bicyclic) bond motifs is 1. The number of allylic oxidation sites excluding steroid dienone is 1. The minimum atomic E-state index is -0.0563. The smallest absolute Gasteiger partial charge is 0.233 e. The molecule has 0 spiro atoms. The van der Waals surface area contributed by atoms with E-state index in [9.17, 15) is 9.90 Å². The molecule has 0 saturated heterocycles. The molecule has 2 aromatic rings. The second kappa shape index (κ2) is 6.10. The Morgan fingerprint density at radius 2 is 2.08 bits per heavy atom. The van der Waals surface area contributed by atoms with E-state index < -0.39 is 0 Å². The molecule has 0 radical (unpaired) electrons. The number of hydrogen-bond donors (Lipinski definition) is 2. The highest BCUT2D eigenvalue weighted by molar-refractivity contribution is 6.02. The lowest BCUT2D eigenvalue weighted by molar-refractivity contribution is -0.117. The predicted molar refractivity (Wildman–Crippen MR) is 95.0 cm³/mol. The number of carbonyl (C=O) groups is 1. The van der Waals surface area contributed by atoms with Crippen LogP contribution in [0.1, 0.15) is 22.5 Å². The maximum absolute atomic E-state index is 12.5. The van der Waals surface area contributed by atoms with Gasteiger partial charge in [0.25, 0.3) is 0 Å². The zero-order chi connectivity index (χ0) is 17.4. The Bertz CT molecular complexity index is 920. The molecule has 3 N–H and O–H groups in total. The van der Waals surface area contributed by atoms with Gasteiger partial charge in [0.2, 0.25) is 5.91 Å². The molecule has 0 saturated carbocycles. The normalized spacial score (nSPS) is 15.6. The number of nitrogen functional groups attached to an aromatic ring is 1. The molecule has 2 aliphatic rings. The first-order chi connectivity index (χ1) is 12.2. The molecular weight excluding hydrogens is 318 g/mol. The first-order valence-corrected chi connectivity index (χ1v) is 8.00. The summed E-state index contributed by atoms with van der Waals surface area (Å²) in [5, 5.41) is 9.29. The molecule has 0 bridgehead atoms. The number of amides is 1. The highest BCUT2D eigenvalue weighted by Gasteiger charge is 2.32. The number of aliphatic hydroxyl groups is 1. The molecule has 126 valence electrons. The molecule has 4 rings (SSSR count). The van der Waals surface area contributed by atoms with Gasteiger partial charge in [0.1, 0.15) is 11.6 Å². The molecule has 7 heteroatoms. The lowest BCUT2D eigenvalue weighted by atomic mass is 10.1. The van der Waals surface area contributed by atoms with Crippen LogP contribution in [0.15, 0.2) is 35.3 Å². The highest BCUT2D eigenvalue weighted by atomic mass is 16.3. The molecule has 0 unspecified atom stereocenters. The van der Waals surface area contributed by atoms with Crippen molar-refractivity contribution in [3.05, 3.63) is 52.9 Å². The molecule has 3 heterocycles. The van der Waals surface area contributed by atoms with Gasteiger partial charge in [0.15, 0.2) is 5.82 Å². The van der Waals surface area contributed by atoms with Crippen LogP contribution in [0.2, 0.25) is 0 Å². The van der Waals surface area contributed by atoms with Crippen LogP contribution in [0.4, 0.5) is 11.6 Å². The first-order valence-electron chi connectivity index (χ1n) is 8.00. The van der Waals surface area contributed by atoms with Crippen molar-refractivity contribution >= 4 is 29.3 Å². The monoisotopic (exact) mass is 335 g/mol. The summed E-state index contributed by atoms with van der Waals surface area (Å²) in [6.45, 7) is 0.863. The largest absolute Gasteiger partial charge is 0.392 e. The van der Waals surface area contributed by atoms with Crippen LogP contribution in [0.5, 0.6) is 0 Å². The van der Waals surface area contributed by atoms with E-state index in [1.807, 2.05) is 30.3 Å². The van der Waals surface area contributed by atoms with Crippen LogP contribution in [-0.4, -0.2) is 33.7 Å². The Labute approximate surface area is 144 Å². The summed E-state index contributed by atoms with van der Waals surface area (Å²) in [5.41, 5.74) is 9.36. The zero-order valence-electron chi connectivity index (χ0n) is 13.5. The fourth-order valence-corrected chi connectivity index (χ4v) is 3.05. The van der Waals surface area contributed by atoms with Crippen LogP contribution in [-0.2, 0) is 24.4 Å². The second-order valence-electron chi connectivity index (χ2n) is 6.05. The van der Waals surface area contributed by atoms with E-state index in [2.05, 4.69) is 15.0 Å². The third-order valence-electron chi connectivity index (χ3n) is 4.35. The fraction of sp³-hybridized carbons (Fsp3) is 0.222. The summed E-state index contributed by atoms with van der Waals surface area (Å²) in [5.74, 6) is 1.36. The van der Waals surface area contributed by atoms with Gasteiger partial charge in [-0.15, -0.1) is 0 Å². The van der Waals surface area contributed by atoms with Crippen LogP contribution in [0, 0.1) is 0 Å². The summed E-state index contributed by atoms with van der Waals surface area (Å²) in [7, 11) is 0. The molecule has 25 heavy (non-hydrogen) atoms. The number of nitrogens with zero attached hydrogens (tertiary/aromatic N) is 4. The van der Waals surface area contributed by atoms with Crippen molar-refractivity contribution in [1.29, 1.82) is 0 Å². The van der Waals surface area contributed by atoms with Gasteiger partial charge < -0.3 is 10.8 Å². The van der Waals surface area contributed by atoms with Gasteiger partial charge in [-0.25, -0.2) is 9.97 Å². The Hall–Kier alpha value is -3.06. The number of benzene rings is 1. The SMILES string of the molecule is Nc1nc(C2=CC=NC2)nc2c1CC(=O)N2Cc1cccc(CO)c1. The minimum Gasteiger partial charge on any atom is -0.392 e. The Kier molecular flexibility index (Phi) is 3.77. The average Bonchev–Trinajstić information content (AvgIpc) is 3.25. The standard InChI is InChI=1S/C18H17N5O2/c19-16-14-7-15(25)23(9-11-2-1-3-12(6-11)10-24)18(14)22-17(21-16)13-4-5-20-8-13/h1-6,24H,7-10H2,(H2,19,21,22). The maximum Gasteiger partial charge on any atom is 0.233 e. The lowest BCUT2D eigenvalue weighted by Crippen LogP contribution is -2.27. The Morgan fingerprint density at radius 1 is 1.24 bits per heavy atom. The second-order valence-corrected chi connectivity index (χ2v) is 6.05. The van der Waals surface area contributed by atoms with Crippen molar-refractivity contribution in [3.8, 4) is 0 Å². The van der Waals surface area contributed by atoms with E-state index in [1.54, 1.807) is 11.1 Å². The van der Waals surface area contributed by atoms with Crippen molar-refractivity contribution in [2.75, 3.05) is 17.2 Å². The summed E-state index contributed by atoms with van der Waals surface area (Å²) >= 11 is 0. The van der Waals surface area contributed by atoms with E-state index in [1.165, 1.54) is 0 Å². The quantitative estimate of drug-likeness (QED) is 0.871. The van der Waals surface area contributed by atoms with Crippen molar-refractivity contribution in [2.45, 2.75) is 19.6 Å². The zero-order valence-corrected chi connectivity index (χ0v) is 13.5. The van der Waals surface area contributed by atoms with E-state index in [4.69, 9.17) is 5.73 Å². The maximum atomic E-state index is 12.5. The van der Waals surface area contributed by atoms with Crippen LogP contribution >= 0.6 is 0 Å². The van der Waals surface area contributed by atoms with Gasteiger partial charge >= 0.3 is 0 Å². The van der Waals surface area contributed by atoms with Gasteiger partial charge in [-0.2, -0.15) is 0 Å². The number of aliphatic hydroxyl groups excluding tert-OH is 1. The highest BCUT2D eigenvalue weighted by Crippen LogP contribution is 2.33. The van der Waals surface area contributed by atoms with Crippen LogP contribution < -0.4 is 10.6 Å². The van der Waals surface area contributed by atoms with Crippen molar-refractivity contribution in [2.24, 2.45) is 4.99 Å². The van der Waals surface area contributed by atoms with Crippen molar-refractivity contribution in [3.63, 3.8) is 0 Å². The molecule has 1 amide bonds. The lowest BCUT2D eigenvalue weighted by Gasteiger charge is -2.18. The van der Waals surface area contributed by atoms with Crippen molar-refractivity contribution < 1.29 is 9.90 Å². The first kappa shape index (κ1) is 15.5. The number of carbonyl (C=O) groups excluding carboxylic acids is 1. The van der Waals surface area contributed by atoms with Crippen molar-refractivity contribution in [1.82, 2.24) is 9.97 Å². The number of aliphatic imine (C=N–C) groups is 1. The summed E-state index contributed by atoms with van der Waals surface area (Å²) in [6.07, 6.45) is 3.77. The summed E-state index contributed by atoms with van der Waals surface area (Å²) in [4.78, 5) is 27.2. The van der Waals surface area contributed by atoms with Crippen LogP contribution in [0.25, 0.3) is 5.57 Å². The molecule has 0 atom stereocenters. The van der Waals surface area contributed by atoms with Gasteiger partial charge in [0, 0.05) is 17.4 Å². The van der Waals surface area contributed by atoms with E-state index >= 15 is 0 Å². The van der Waals surface area contributed by atoms with E-state index in [0.717, 1.165) is 16.7 Å². The van der Waals surface area contributed by atoms with E-state index in [-0.39, 0.29) is 18.9 Å².